The maximum atomic E-state index is 12.1. The van der Waals surface area contributed by atoms with Gasteiger partial charge in [-0.1, -0.05) is 139 Å². The number of amides is 1. The van der Waals surface area contributed by atoms with E-state index in [9.17, 15) is 15.0 Å². The maximum Gasteiger partial charge on any atom is 0.220 e. The van der Waals surface area contributed by atoms with Crippen molar-refractivity contribution in [2.45, 2.75) is 154 Å². The number of carbonyl (C=O) groups is 1. The molecule has 0 aliphatic carbocycles. The Kier molecular flexibility index (Phi) is 30.1. The first-order valence-electron chi connectivity index (χ1n) is 16.5. The SMILES string of the molecule is CC/C=C\C/C=C\C/C=C\C/C=C\C/C=C\CCCCCCCCCCCC(=O)NC(CO)C(O)CCCCC. The Labute approximate surface area is 247 Å². The Balaban J connectivity index is 3.51. The van der Waals surface area contributed by atoms with Gasteiger partial charge in [0, 0.05) is 6.42 Å². The van der Waals surface area contributed by atoms with Crippen molar-refractivity contribution in [1.82, 2.24) is 5.32 Å². The van der Waals surface area contributed by atoms with Crippen molar-refractivity contribution in [2.24, 2.45) is 0 Å². The lowest BCUT2D eigenvalue weighted by Crippen LogP contribution is -2.45. The van der Waals surface area contributed by atoms with Crippen molar-refractivity contribution in [2.75, 3.05) is 6.61 Å². The van der Waals surface area contributed by atoms with Gasteiger partial charge in [0.05, 0.1) is 18.8 Å². The molecule has 0 saturated heterocycles. The number of hydrogen-bond donors (Lipinski definition) is 3. The second kappa shape index (κ2) is 31.6. The lowest BCUT2D eigenvalue weighted by molar-refractivity contribution is -0.123. The summed E-state index contributed by atoms with van der Waals surface area (Å²) in [5, 5.41) is 22.5. The summed E-state index contributed by atoms with van der Waals surface area (Å²) in [6.07, 6.45) is 43.3. The summed E-state index contributed by atoms with van der Waals surface area (Å²) in [6.45, 7) is 4.07. The second-order valence-corrected chi connectivity index (χ2v) is 10.8. The van der Waals surface area contributed by atoms with Crippen molar-refractivity contribution < 1.29 is 15.0 Å². The fourth-order valence-corrected chi connectivity index (χ4v) is 4.50. The predicted octanol–water partition coefficient (Wildman–Crippen LogP) is 9.45. The third-order valence-electron chi connectivity index (χ3n) is 7.04. The van der Waals surface area contributed by atoms with Crippen LogP contribution in [-0.4, -0.2) is 34.9 Å². The van der Waals surface area contributed by atoms with Crippen LogP contribution in [0.5, 0.6) is 0 Å². The van der Waals surface area contributed by atoms with Gasteiger partial charge in [0.15, 0.2) is 0 Å². The normalized spacial score (nSPS) is 14.0. The number of hydrogen-bond acceptors (Lipinski definition) is 3. The molecule has 0 aliphatic heterocycles. The van der Waals surface area contributed by atoms with E-state index in [-0.39, 0.29) is 12.5 Å². The molecular weight excluding hydrogens is 494 g/mol. The zero-order chi connectivity index (χ0) is 29.4. The van der Waals surface area contributed by atoms with Gasteiger partial charge in [-0.15, -0.1) is 0 Å². The highest BCUT2D eigenvalue weighted by atomic mass is 16.3. The third-order valence-corrected chi connectivity index (χ3v) is 7.04. The summed E-state index contributed by atoms with van der Waals surface area (Å²) in [7, 11) is 0. The summed E-state index contributed by atoms with van der Waals surface area (Å²) in [5.74, 6) is -0.0545. The Morgan fingerprint density at radius 1 is 0.625 bits per heavy atom. The number of aliphatic hydroxyl groups excluding tert-OH is 2. The van der Waals surface area contributed by atoms with E-state index in [0.29, 0.717) is 12.8 Å². The molecule has 2 unspecified atom stereocenters. The van der Waals surface area contributed by atoms with Gasteiger partial charge in [-0.2, -0.15) is 0 Å². The number of carbonyl (C=O) groups excluding carboxylic acids is 1. The Morgan fingerprint density at radius 3 is 1.60 bits per heavy atom. The molecular formula is C36H63NO3. The van der Waals surface area contributed by atoms with E-state index >= 15 is 0 Å². The average Bonchev–Trinajstić information content (AvgIpc) is 2.96. The highest BCUT2D eigenvalue weighted by Gasteiger charge is 2.19. The van der Waals surface area contributed by atoms with Gasteiger partial charge in [-0.25, -0.2) is 0 Å². The average molecular weight is 558 g/mol. The number of unbranched alkanes of at least 4 members (excludes halogenated alkanes) is 11. The molecule has 230 valence electrons. The van der Waals surface area contributed by atoms with Crippen molar-refractivity contribution in [3.05, 3.63) is 60.8 Å². The van der Waals surface area contributed by atoms with Crippen LogP contribution in [0.15, 0.2) is 60.8 Å². The molecule has 0 aromatic heterocycles. The van der Waals surface area contributed by atoms with E-state index in [2.05, 4.69) is 79.9 Å². The maximum absolute atomic E-state index is 12.1. The summed E-state index contributed by atoms with van der Waals surface area (Å²) in [4.78, 5) is 12.1. The van der Waals surface area contributed by atoms with Crippen molar-refractivity contribution >= 4 is 5.91 Å². The minimum absolute atomic E-state index is 0.0545. The Bertz CT molecular complexity index is 692. The van der Waals surface area contributed by atoms with Crippen LogP contribution in [-0.2, 0) is 4.79 Å². The molecule has 0 aromatic carbocycles. The van der Waals surface area contributed by atoms with E-state index in [1.807, 2.05) is 0 Å². The fourth-order valence-electron chi connectivity index (χ4n) is 4.50. The second-order valence-electron chi connectivity index (χ2n) is 10.8. The van der Waals surface area contributed by atoms with Crippen molar-refractivity contribution in [3.8, 4) is 0 Å². The monoisotopic (exact) mass is 557 g/mol. The van der Waals surface area contributed by atoms with E-state index in [4.69, 9.17) is 0 Å². The highest BCUT2D eigenvalue weighted by molar-refractivity contribution is 5.76. The lowest BCUT2D eigenvalue weighted by atomic mass is 10.0. The topological polar surface area (TPSA) is 69.6 Å². The van der Waals surface area contributed by atoms with Crippen LogP contribution in [0.3, 0.4) is 0 Å². The number of aliphatic hydroxyl groups is 2. The van der Waals surface area contributed by atoms with Crippen LogP contribution in [0.4, 0.5) is 0 Å². The Morgan fingerprint density at radius 2 is 1.10 bits per heavy atom. The van der Waals surface area contributed by atoms with Crippen molar-refractivity contribution in [1.29, 1.82) is 0 Å². The zero-order valence-electron chi connectivity index (χ0n) is 26.1. The van der Waals surface area contributed by atoms with Crippen molar-refractivity contribution in [3.63, 3.8) is 0 Å². The standard InChI is InChI=1S/C36H63NO3/c1-3-5-7-8-9-10-11-12-13-14-15-16-17-18-19-20-21-22-23-24-25-26-27-28-30-32-36(40)37-34(33-38)35(39)31-29-6-4-2/h5,7,9-10,12-13,15-16,18-19,34-35,38-39H,3-4,6,8,11,14,17,20-33H2,1-2H3,(H,37,40)/b7-5-,10-9-,13-12-,16-15-,19-18-. The summed E-state index contributed by atoms with van der Waals surface area (Å²) in [5.41, 5.74) is 0. The molecule has 0 heterocycles. The minimum Gasteiger partial charge on any atom is -0.394 e. The van der Waals surface area contributed by atoms with Gasteiger partial charge in [0.1, 0.15) is 0 Å². The van der Waals surface area contributed by atoms with Gasteiger partial charge in [-0.05, 0) is 57.8 Å². The molecule has 0 radical (unpaired) electrons. The van der Waals surface area contributed by atoms with Crippen LogP contribution >= 0.6 is 0 Å². The molecule has 1 amide bonds. The van der Waals surface area contributed by atoms with Crippen LogP contribution in [0.2, 0.25) is 0 Å². The number of nitrogens with one attached hydrogen (secondary N) is 1. The first kappa shape index (κ1) is 38.1. The molecule has 2 atom stereocenters. The van der Waals surface area contributed by atoms with Gasteiger partial charge in [0.2, 0.25) is 5.91 Å². The molecule has 3 N–H and O–H groups in total. The van der Waals surface area contributed by atoms with Gasteiger partial charge in [0.25, 0.3) is 0 Å². The zero-order valence-corrected chi connectivity index (χ0v) is 26.1. The molecule has 0 saturated carbocycles. The largest absolute Gasteiger partial charge is 0.394 e. The molecule has 4 heteroatoms. The smallest absolute Gasteiger partial charge is 0.220 e. The molecule has 0 aromatic rings. The summed E-state index contributed by atoms with van der Waals surface area (Å²) in [6, 6.07) is -0.537. The van der Waals surface area contributed by atoms with E-state index in [1.54, 1.807) is 0 Å². The van der Waals surface area contributed by atoms with Crippen LogP contribution in [0, 0.1) is 0 Å². The van der Waals surface area contributed by atoms with E-state index in [0.717, 1.165) is 64.2 Å². The number of rotatable bonds is 28. The molecule has 0 fully saturated rings. The minimum atomic E-state index is -0.660. The van der Waals surface area contributed by atoms with Crippen LogP contribution in [0.1, 0.15) is 142 Å². The van der Waals surface area contributed by atoms with Gasteiger partial charge in [-0.3, -0.25) is 4.79 Å². The number of allylic oxidation sites excluding steroid dienone is 10. The molecule has 0 bridgehead atoms. The van der Waals surface area contributed by atoms with Gasteiger partial charge >= 0.3 is 0 Å². The molecule has 4 nitrogen and oxygen atoms in total. The van der Waals surface area contributed by atoms with Crippen LogP contribution < -0.4 is 5.32 Å². The van der Waals surface area contributed by atoms with Gasteiger partial charge < -0.3 is 15.5 Å². The van der Waals surface area contributed by atoms with E-state index in [1.165, 1.54) is 51.4 Å². The lowest BCUT2D eigenvalue weighted by Gasteiger charge is -2.22. The molecule has 0 spiro atoms. The first-order chi connectivity index (χ1) is 19.7. The third kappa shape index (κ3) is 27.6. The predicted molar refractivity (Wildman–Crippen MR) is 174 cm³/mol. The highest BCUT2D eigenvalue weighted by Crippen LogP contribution is 2.12. The van der Waals surface area contributed by atoms with E-state index < -0.39 is 12.1 Å². The molecule has 0 aliphatic rings. The summed E-state index contributed by atoms with van der Waals surface area (Å²) < 4.78 is 0. The fraction of sp³-hybridized carbons (Fsp3) is 0.694. The Hall–Kier alpha value is -1.91. The quantitative estimate of drug-likeness (QED) is 0.0663. The molecule has 0 rings (SSSR count). The molecule has 40 heavy (non-hydrogen) atoms. The summed E-state index contributed by atoms with van der Waals surface area (Å²) >= 11 is 0. The first-order valence-corrected chi connectivity index (χ1v) is 16.5. The van der Waals surface area contributed by atoms with Crippen LogP contribution in [0.25, 0.3) is 0 Å².